The lowest BCUT2D eigenvalue weighted by molar-refractivity contribution is 0.227. The second kappa shape index (κ2) is 4.10. The molecule has 2 heterocycles. The van der Waals surface area contributed by atoms with Crippen LogP contribution in [0.5, 0.6) is 0 Å². The molecule has 0 spiro atoms. The van der Waals surface area contributed by atoms with E-state index in [4.69, 9.17) is 0 Å². The Morgan fingerprint density at radius 3 is 2.79 bits per heavy atom. The molecule has 2 nitrogen and oxygen atoms in total. The summed E-state index contributed by atoms with van der Waals surface area (Å²) < 4.78 is 0.737. The molecule has 0 aliphatic carbocycles. The molecule has 1 atom stereocenters. The zero-order chi connectivity index (χ0) is 10.1. The summed E-state index contributed by atoms with van der Waals surface area (Å²) in [6.45, 7) is 2.03. The highest BCUT2D eigenvalue weighted by Gasteiger charge is 2.17. The van der Waals surface area contributed by atoms with Crippen LogP contribution < -0.4 is 0 Å². The minimum Gasteiger partial charge on any atom is -0.382 e. The smallest absolute Gasteiger partial charge is 0.125 e. The molecule has 0 saturated carbocycles. The third kappa shape index (κ3) is 1.91. The van der Waals surface area contributed by atoms with Gasteiger partial charge in [-0.3, -0.25) is 0 Å². The largest absolute Gasteiger partial charge is 0.382 e. The second-order valence-corrected chi connectivity index (χ2v) is 5.82. The van der Waals surface area contributed by atoms with E-state index in [-0.39, 0.29) is 0 Å². The molecule has 2 aromatic heterocycles. The first-order valence-corrected chi connectivity index (χ1v) is 6.50. The molecule has 2 rings (SSSR count). The molecule has 0 fully saturated rings. The predicted octanol–water partition coefficient (Wildman–Crippen LogP) is 3.36. The maximum absolute atomic E-state index is 10.0. The summed E-state index contributed by atoms with van der Waals surface area (Å²) in [5, 5.41) is 10.0. The van der Waals surface area contributed by atoms with E-state index in [0.29, 0.717) is 0 Å². The van der Waals surface area contributed by atoms with Crippen LogP contribution in [0.2, 0.25) is 0 Å². The molecule has 2 aromatic rings. The van der Waals surface area contributed by atoms with Crippen molar-refractivity contribution >= 4 is 38.6 Å². The van der Waals surface area contributed by atoms with Gasteiger partial charge in [-0.15, -0.1) is 22.7 Å². The molecule has 0 aliphatic rings. The van der Waals surface area contributed by atoms with Crippen LogP contribution in [-0.2, 0) is 0 Å². The number of thiophene rings is 1. The quantitative estimate of drug-likeness (QED) is 0.920. The van der Waals surface area contributed by atoms with Gasteiger partial charge in [0.1, 0.15) is 10.7 Å². The summed E-state index contributed by atoms with van der Waals surface area (Å²) in [5.74, 6) is 0. The fourth-order valence-corrected chi connectivity index (χ4v) is 3.51. The molecule has 0 saturated heterocycles. The molecular weight excluding hydrogens is 282 g/mol. The van der Waals surface area contributed by atoms with Crippen molar-refractivity contribution in [2.24, 2.45) is 0 Å². The highest BCUT2D eigenvalue weighted by atomic mass is 79.9. The average molecular weight is 290 g/mol. The second-order valence-electron chi connectivity index (χ2n) is 2.86. The van der Waals surface area contributed by atoms with Crippen LogP contribution in [0.4, 0.5) is 0 Å². The van der Waals surface area contributed by atoms with Crippen molar-refractivity contribution < 1.29 is 5.11 Å². The van der Waals surface area contributed by atoms with E-state index in [0.717, 1.165) is 14.4 Å². The number of aromatic nitrogens is 1. The van der Waals surface area contributed by atoms with E-state index >= 15 is 0 Å². The Morgan fingerprint density at radius 2 is 2.29 bits per heavy atom. The first-order valence-electron chi connectivity index (χ1n) is 4.02. The van der Waals surface area contributed by atoms with E-state index in [1.165, 1.54) is 16.2 Å². The first-order chi connectivity index (χ1) is 6.68. The lowest BCUT2D eigenvalue weighted by atomic mass is 10.2. The van der Waals surface area contributed by atoms with Gasteiger partial charge in [0.2, 0.25) is 0 Å². The molecule has 14 heavy (non-hydrogen) atoms. The van der Waals surface area contributed by atoms with Crippen LogP contribution in [0.25, 0.3) is 0 Å². The number of aliphatic hydroxyl groups is 1. The van der Waals surface area contributed by atoms with Gasteiger partial charge in [-0.05, 0) is 35.0 Å². The van der Waals surface area contributed by atoms with Crippen LogP contribution in [0.1, 0.15) is 20.7 Å². The van der Waals surface area contributed by atoms with Crippen molar-refractivity contribution in [3.8, 4) is 0 Å². The summed E-state index contributed by atoms with van der Waals surface area (Å²) in [6.07, 6.45) is -0.546. The number of aryl methyl sites for hydroxylation is 1. The zero-order valence-electron chi connectivity index (χ0n) is 7.40. The highest BCUT2D eigenvalue weighted by Crippen LogP contribution is 2.34. The summed E-state index contributed by atoms with van der Waals surface area (Å²) in [4.78, 5) is 7.09. The lowest BCUT2D eigenvalue weighted by Crippen LogP contribution is -1.94. The van der Waals surface area contributed by atoms with Crippen molar-refractivity contribution in [1.82, 2.24) is 4.98 Å². The summed E-state index contributed by atoms with van der Waals surface area (Å²) in [5.41, 5.74) is 1.73. The van der Waals surface area contributed by atoms with Gasteiger partial charge in [-0.2, -0.15) is 0 Å². The Morgan fingerprint density at radius 1 is 1.50 bits per heavy atom. The SMILES string of the molecule is Cc1ccc(C(O)c2scnc2Br)s1. The molecule has 0 bridgehead atoms. The van der Waals surface area contributed by atoms with Gasteiger partial charge in [0, 0.05) is 9.75 Å². The van der Waals surface area contributed by atoms with Gasteiger partial charge >= 0.3 is 0 Å². The van der Waals surface area contributed by atoms with E-state index in [2.05, 4.69) is 20.9 Å². The Bertz CT molecular complexity index is 437. The topological polar surface area (TPSA) is 33.1 Å². The van der Waals surface area contributed by atoms with E-state index in [1.807, 2.05) is 19.1 Å². The van der Waals surface area contributed by atoms with E-state index in [1.54, 1.807) is 16.8 Å². The van der Waals surface area contributed by atoms with Crippen molar-refractivity contribution in [1.29, 1.82) is 0 Å². The fourth-order valence-electron chi connectivity index (χ4n) is 1.15. The number of hydrogen-bond donors (Lipinski definition) is 1. The van der Waals surface area contributed by atoms with Crippen molar-refractivity contribution in [3.63, 3.8) is 0 Å². The molecular formula is C9H8BrNOS2. The number of nitrogens with zero attached hydrogens (tertiary/aromatic N) is 1. The summed E-state index contributed by atoms with van der Waals surface area (Å²) in [7, 11) is 0. The van der Waals surface area contributed by atoms with Crippen LogP contribution >= 0.6 is 38.6 Å². The number of aliphatic hydroxyl groups excluding tert-OH is 1. The number of thiazole rings is 1. The molecule has 0 aromatic carbocycles. The van der Waals surface area contributed by atoms with Crippen LogP contribution in [0.15, 0.2) is 22.2 Å². The Hall–Kier alpha value is -0.230. The predicted molar refractivity (Wildman–Crippen MR) is 62.9 cm³/mol. The molecule has 1 N–H and O–H groups in total. The van der Waals surface area contributed by atoms with Gasteiger partial charge in [-0.25, -0.2) is 4.98 Å². The van der Waals surface area contributed by atoms with E-state index in [9.17, 15) is 5.11 Å². The molecule has 1 unspecified atom stereocenters. The summed E-state index contributed by atoms with van der Waals surface area (Å²) >= 11 is 6.39. The maximum atomic E-state index is 10.0. The van der Waals surface area contributed by atoms with Gasteiger partial charge in [0.25, 0.3) is 0 Å². The standard InChI is InChI=1S/C9H8BrNOS2/c1-5-2-3-6(14-5)7(12)8-9(10)11-4-13-8/h2-4,7,12H,1H3. The third-order valence-electron chi connectivity index (χ3n) is 1.83. The van der Waals surface area contributed by atoms with Crippen molar-refractivity contribution in [3.05, 3.63) is 36.9 Å². The monoisotopic (exact) mass is 289 g/mol. The van der Waals surface area contributed by atoms with Crippen molar-refractivity contribution in [2.45, 2.75) is 13.0 Å². The van der Waals surface area contributed by atoms with Gasteiger partial charge in [0.15, 0.2) is 0 Å². The van der Waals surface area contributed by atoms with Crippen molar-refractivity contribution in [2.75, 3.05) is 0 Å². The molecule has 5 heteroatoms. The Kier molecular flexibility index (Phi) is 3.02. The van der Waals surface area contributed by atoms with E-state index < -0.39 is 6.10 Å². The Balaban J connectivity index is 2.33. The number of rotatable bonds is 2. The maximum Gasteiger partial charge on any atom is 0.125 e. The Labute approximate surface area is 98.4 Å². The molecule has 74 valence electrons. The minimum atomic E-state index is -0.546. The highest BCUT2D eigenvalue weighted by molar-refractivity contribution is 9.10. The van der Waals surface area contributed by atoms with Gasteiger partial charge < -0.3 is 5.11 Å². The van der Waals surface area contributed by atoms with Crippen LogP contribution in [-0.4, -0.2) is 10.1 Å². The first kappa shape index (κ1) is 10.3. The molecule has 0 amide bonds. The third-order valence-corrected chi connectivity index (χ3v) is 4.66. The van der Waals surface area contributed by atoms with Crippen LogP contribution in [0.3, 0.4) is 0 Å². The number of halogens is 1. The normalized spacial score (nSPS) is 13.1. The molecule has 0 aliphatic heterocycles. The minimum absolute atomic E-state index is 0.546. The molecule has 0 radical (unpaired) electrons. The van der Waals surface area contributed by atoms with Crippen LogP contribution in [0, 0.1) is 6.92 Å². The number of hydrogen-bond acceptors (Lipinski definition) is 4. The van der Waals surface area contributed by atoms with Gasteiger partial charge in [0.05, 0.1) is 10.4 Å². The summed E-state index contributed by atoms with van der Waals surface area (Å²) in [6, 6.07) is 3.97. The lowest BCUT2D eigenvalue weighted by Gasteiger charge is -2.05. The average Bonchev–Trinajstić information content (AvgIpc) is 2.73. The van der Waals surface area contributed by atoms with Gasteiger partial charge in [-0.1, -0.05) is 0 Å². The fraction of sp³-hybridized carbons (Fsp3) is 0.222. The zero-order valence-corrected chi connectivity index (χ0v) is 10.6.